The fraction of sp³-hybridized carbons (Fsp3) is 0.450. The van der Waals surface area contributed by atoms with Crippen molar-refractivity contribution in [2.24, 2.45) is 5.41 Å². The first-order valence-electron chi connectivity index (χ1n) is 9.26. The van der Waals surface area contributed by atoms with Crippen LogP contribution in [0.2, 0.25) is 5.02 Å². The van der Waals surface area contributed by atoms with Crippen LogP contribution in [0.3, 0.4) is 0 Å². The molecule has 0 radical (unpaired) electrons. The summed E-state index contributed by atoms with van der Waals surface area (Å²) in [5.74, 6) is 1.83. The number of fused-ring (bicyclic) bond motifs is 1. The molecule has 0 bridgehead atoms. The van der Waals surface area contributed by atoms with Crippen LogP contribution in [0, 0.1) is 5.41 Å². The second-order valence-electron chi connectivity index (χ2n) is 7.93. The molecule has 4 rings (SSSR count). The molecular weight excluding hydrogens is 380 g/mol. The van der Waals surface area contributed by atoms with Crippen LogP contribution < -0.4 is 5.32 Å². The van der Waals surface area contributed by atoms with E-state index in [1.54, 1.807) is 11.8 Å². The van der Waals surface area contributed by atoms with Gasteiger partial charge in [0.15, 0.2) is 5.78 Å². The quantitative estimate of drug-likeness (QED) is 0.721. The molecular formula is C20H23ClN4OS. The highest BCUT2D eigenvalue weighted by Gasteiger charge is 2.41. The van der Waals surface area contributed by atoms with E-state index in [1.165, 1.54) is 0 Å². The summed E-state index contributed by atoms with van der Waals surface area (Å²) in [5.41, 5.74) is 2.65. The van der Waals surface area contributed by atoms with Gasteiger partial charge in [-0.15, -0.1) is 5.10 Å². The number of aromatic nitrogens is 3. The third-order valence-electron chi connectivity index (χ3n) is 4.91. The van der Waals surface area contributed by atoms with Gasteiger partial charge < -0.3 is 5.32 Å². The molecule has 2 heterocycles. The van der Waals surface area contributed by atoms with Crippen molar-refractivity contribution in [2.45, 2.75) is 51.2 Å². The molecule has 2 aliphatic rings. The fourth-order valence-electron chi connectivity index (χ4n) is 3.83. The molecule has 142 valence electrons. The Morgan fingerprint density at radius 1 is 1.37 bits per heavy atom. The zero-order valence-electron chi connectivity index (χ0n) is 15.8. The molecule has 0 saturated carbocycles. The number of nitrogens with one attached hydrogen (secondary N) is 1. The molecule has 2 aromatic rings. The van der Waals surface area contributed by atoms with Gasteiger partial charge in [0.1, 0.15) is 6.04 Å². The SMILES string of the molecule is CCCSc1nc2n(n1)C(c1cccc(Cl)c1)C1=C(CC(C)(C)CC1=O)N2. The summed E-state index contributed by atoms with van der Waals surface area (Å²) in [7, 11) is 0. The highest BCUT2D eigenvalue weighted by molar-refractivity contribution is 7.99. The molecule has 1 aliphatic carbocycles. The van der Waals surface area contributed by atoms with Crippen LogP contribution in [0.4, 0.5) is 5.95 Å². The largest absolute Gasteiger partial charge is 0.328 e. The minimum absolute atomic E-state index is 0.0657. The van der Waals surface area contributed by atoms with Gasteiger partial charge in [-0.05, 0) is 36.0 Å². The Labute approximate surface area is 168 Å². The van der Waals surface area contributed by atoms with Crippen molar-refractivity contribution in [2.75, 3.05) is 11.1 Å². The fourth-order valence-corrected chi connectivity index (χ4v) is 4.71. The summed E-state index contributed by atoms with van der Waals surface area (Å²) in [5, 5.41) is 9.50. The normalized spacial score (nSPS) is 20.9. The van der Waals surface area contributed by atoms with Gasteiger partial charge in [-0.25, -0.2) is 4.68 Å². The topological polar surface area (TPSA) is 59.8 Å². The molecule has 0 spiro atoms. The summed E-state index contributed by atoms with van der Waals surface area (Å²) in [4.78, 5) is 17.8. The first-order chi connectivity index (χ1) is 12.9. The second-order valence-corrected chi connectivity index (χ2v) is 9.43. The first kappa shape index (κ1) is 18.6. The Morgan fingerprint density at radius 2 is 2.19 bits per heavy atom. The highest BCUT2D eigenvalue weighted by Crippen LogP contribution is 2.45. The zero-order valence-corrected chi connectivity index (χ0v) is 17.3. The summed E-state index contributed by atoms with van der Waals surface area (Å²) in [6.07, 6.45) is 2.41. The van der Waals surface area contributed by atoms with E-state index in [4.69, 9.17) is 16.7 Å². The van der Waals surface area contributed by atoms with Gasteiger partial charge in [-0.2, -0.15) is 4.98 Å². The number of rotatable bonds is 4. The maximum absolute atomic E-state index is 13.1. The lowest BCUT2D eigenvalue weighted by molar-refractivity contribution is -0.118. The van der Waals surface area contributed by atoms with E-state index in [1.807, 2.05) is 28.9 Å². The molecule has 27 heavy (non-hydrogen) atoms. The minimum atomic E-state index is -0.290. The lowest BCUT2D eigenvalue weighted by atomic mass is 9.73. The van der Waals surface area contributed by atoms with Gasteiger partial charge in [0.05, 0.1) is 0 Å². The van der Waals surface area contributed by atoms with Crippen molar-refractivity contribution in [1.82, 2.24) is 14.8 Å². The number of carbonyl (C=O) groups is 1. The van der Waals surface area contributed by atoms with E-state index in [-0.39, 0.29) is 17.2 Å². The van der Waals surface area contributed by atoms with Crippen molar-refractivity contribution >= 4 is 35.1 Å². The Morgan fingerprint density at radius 3 is 2.93 bits per heavy atom. The Hall–Kier alpha value is -1.79. The highest BCUT2D eigenvalue weighted by atomic mass is 35.5. The molecule has 1 unspecified atom stereocenters. The predicted molar refractivity (Wildman–Crippen MR) is 109 cm³/mol. The van der Waals surface area contributed by atoms with Crippen LogP contribution in [0.1, 0.15) is 51.6 Å². The van der Waals surface area contributed by atoms with Crippen LogP contribution in [-0.4, -0.2) is 26.3 Å². The van der Waals surface area contributed by atoms with Gasteiger partial charge >= 0.3 is 0 Å². The Bertz CT molecular complexity index is 934. The summed E-state index contributed by atoms with van der Waals surface area (Å²) in [6, 6.07) is 7.39. The van der Waals surface area contributed by atoms with Crippen LogP contribution in [0.15, 0.2) is 40.7 Å². The van der Waals surface area contributed by atoms with Crippen LogP contribution in [0.5, 0.6) is 0 Å². The number of nitrogens with zero attached hydrogens (tertiary/aromatic N) is 3. The van der Waals surface area contributed by atoms with E-state index in [0.717, 1.165) is 40.6 Å². The number of benzene rings is 1. The number of halogens is 1. The van der Waals surface area contributed by atoms with Crippen LogP contribution in [-0.2, 0) is 4.79 Å². The molecule has 1 N–H and O–H groups in total. The van der Waals surface area contributed by atoms with E-state index in [2.05, 4.69) is 31.1 Å². The molecule has 1 aromatic carbocycles. The maximum atomic E-state index is 13.1. The van der Waals surface area contributed by atoms with E-state index in [9.17, 15) is 4.79 Å². The predicted octanol–water partition coefficient (Wildman–Crippen LogP) is 5.09. The van der Waals surface area contributed by atoms with Gasteiger partial charge in [0, 0.05) is 28.5 Å². The number of hydrogen-bond donors (Lipinski definition) is 1. The molecule has 0 fully saturated rings. The van der Waals surface area contributed by atoms with E-state index >= 15 is 0 Å². The van der Waals surface area contributed by atoms with Crippen molar-refractivity contribution in [3.05, 3.63) is 46.1 Å². The molecule has 1 atom stereocenters. The minimum Gasteiger partial charge on any atom is -0.328 e. The van der Waals surface area contributed by atoms with E-state index in [0.29, 0.717) is 17.4 Å². The van der Waals surface area contributed by atoms with E-state index < -0.39 is 0 Å². The number of allylic oxidation sites excluding steroid dienone is 2. The van der Waals surface area contributed by atoms with Gasteiger partial charge in [-0.1, -0.05) is 56.3 Å². The van der Waals surface area contributed by atoms with Gasteiger partial charge in [-0.3, -0.25) is 4.79 Å². The average molecular weight is 403 g/mol. The number of anilines is 1. The summed E-state index contributed by atoms with van der Waals surface area (Å²) < 4.78 is 1.85. The van der Waals surface area contributed by atoms with Crippen LogP contribution >= 0.6 is 23.4 Å². The number of hydrogen-bond acceptors (Lipinski definition) is 5. The maximum Gasteiger partial charge on any atom is 0.227 e. The smallest absolute Gasteiger partial charge is 0.227 e. The first-order valence-corrected chi connectivity index (χ1v) is 10.6. The Balaban J connectivity index is 1.85. The van der Waals surface area contributed by atoms with Crippen molar-refractivity contribution in [1.29, 1.82) is 0 Å². The second kappa shape index (κ2) is 6.99. The molecule has 0 amide bonds. The van der Waals surface area contributed by atoms with Crippen LogP contribution in [0.25, 0.3) is 0 Å². The third kappa shape index (κ3) is 3.52. The number of ketones is 1. The molecule has 0 saturated heterocycles. The van der Waals surface area contributed by atoms with Crippen molar-refractivity contribution < 1.29 is 4.79 Å². The summed E-state index contributed by atoms with van der Waals surface area (Å²) in [6.45, 7) is 6.40. The zero-order chi connectivity index (χ0) is 19.2. The van der Waals surface area contributed by atoms with Gasteiger partial charge in [0.2, 0.25) is 11.1 Å². The molecule has 1 aliphatic heterocycles. The standard InChI is InChI=1S/C20H23ClN4OS/c1-4-8-27-19-23-18-22-14-10-20(2,3)11-15(26)16(14)17(25(18)24-19)12-6-5-7-13(21)9-12/h5-7,9,17H,4,8,10-11H2,1-3H3,(H,22,23,24). The number of Topliss-reactive ketones (excluding diaryl/α,β-unsaturated/α-hetero) is 1. The monoisotopic (exact) mass is 402 g/mol. The molecule has 7 heteroatoms. The molecule has 5 nitrogen and oxygen atoms in total. The lowest BCUT2D eigenvalue weighted by Gasteiger charge is -2.38. The van der Waals surface area contributed by atoms with Crippen molar-refractivity contribution in [3.63, 3.8) is 0 Å². The third-order valence-corrected chi connectivity index (χ3v) is 6.19. The molecule has 1 aromatic heterocycles. The Kier molecular flexibility index (Phi) is 4.80. The average Bonchev–Trinajstić information content (AvgIpc) is 2.99. The lowest BCUT2D eigenvalue weighted by Crippen LogP contribution is -2.36. The van der Waals surface area contributed by atoms with Gasteiger partial charge in [0.25, 0.3) is 0 Å². The number of thioether (sulfide) groups is 1. The number of carbonyl (C=O) groups excluding carboxylic acids is 1. The summed E-state index contributed by atoms with van der Waals surface area (Å²) >= 11 is 7.89. The van der Waals surface area contributed by atoms with Crippen molar-refractivity contribution in [3.8, 4) is 0 Å².